The van der Waals surface area contributed by atoms with Gasteiger partial charge in [0.25, 0.3) is 0 Å². The van der Waals surface area contributed by atoms with Gasteiger partial charge < -0.3 is 13.4 Å². The summed E-state index contributed by atoms with van der Waals surface area (Å²) in [6.07, 6.45) is 0. The molecule has 0 aliphatic carbocycles. The van der Waals surface area contributed by atoms with Crippen LogP contribution >= 0.6 is 0 Å². The average Bonchev–Trinajstić information content (AvgIpc) is 3.94. The number of fused-ring (bicyclic) bond motifs is 9. The molecular weight excluding hydrogens is 701 g/mol. The monoisotopic (exact) mass is 730 g/mol. The van der Waals surface area contributed by atoms with E-state index in [0.717, 1.165) is 88.4 Å². The zero-order valence-electron chi connectivity index (χ0n) is 30.4. The molecule has 266 valence electrons. The predicted molar refractivity (Wildman–Crippen MR) is 230 cm³/mol. The highest BCUT2D eigenvalue weighted by atomic mass is 16.3. The highest BCUT2D eigenvalue weighted by Gasteiger charge is 2.22. The van der Waals surface area contributed by atoms with Crippen molar-refractivity contribution in [2.75, 3.05) is 0 Å². The van der Waals surface area contributed by atoms with Crippen molar-refractivity contribution in [1.82, 2.24) is 19.5 Å². The molecule has 6 heteroatoms. The summed E-state index contributed by atoms with van der Waals surface area (Å²) in [6.45, 7) is 0. The Kier molecular flexibility index (Phi) is 6.83. The van der Waals surface area contributed by atoms with Gasteiger partial charge in [-0.25, -0.2) is 15.0 Å². The summed E-state index contributed by atoms with van der Waals surface area (Å²) in [5.41, 5.74) is 11.2. The Morgan fingerprint density at radius 2 is 0.930 bits per heavy atom. The molecule has 12 rings (SSSR count). The zero-order valence-corrected chi connectivity index (χ0v) is 30.4. The Bertz CT molecular complexity index is 3450. The second-order valence-electron chi connectivity index (χ2n) is 14.4. The predicted octanol–water partition coefficient (Wildman–Crippen LogP) is 13.4. The molecular formula is C51H30N4O2. The first kappa shape index (κ1) is 31.5. The Morgan fingerprint density at radius 3 is 1.67 bits per heavy atom. The van der Waals surface area contributed by atoms with Crippen molar-refractivity contribution in [1.29, 1.82) is 0 Å². The maximum Gasteiger partial charge on any atom is 0.164 e. The number of aromatic nitrogens is 4. The van der Waals surface area contributed by atoms with Crippen molar-refractivity contribution in [3.8, 4) is 51.0 Å². The number of furan rings is 2. The lowest BCUT2D eigenvalue weighted by Gasteiger charge is -2.11. The van der Waals surface area contributed by atoms with Crippen LogP contribution in [-0.4, -0.2) is 19.5 Å². The van der Waals surface area contributed by atoms with Crippen LogP contribution < -0.4 is 0 Å². The van der Waals surface area contributed by atoms with Crippen LogP contribution in [0.4, 0.5) is 0 Å². The fraction of sp³-hybridized carbons (Fsp3) is 0. The van der Waals surface area contributed by atoms with Crippen molar-refractivity contribution in [2.45, 2.75) is 0 Å². The van der Waals surface area contributed by atoms with Gasteiger partial charge >= 0.3 is 0 Å². The molecule has 12 aromatic rings. The van der Waals surface area contributed by atoms with E-state index in [4.69, 9.17) is 23.8 Å². The molecule has 0 aliphatic heterocycles. The van der Waals surface area contributed by atoms with Crippen LogP contribution in [0.3, 0.4) is 0 Å². The molecule has 6 nitrogen and oxygen atoms in total. The largest absolute Gasteiger partial charge is 0.456 e. The van der Waals surface area contributed by atoms with Crippen LogP contribution in [0.25, 0.3) is 117 Å². The number of hydrogen-bond acceptors (Lipinski definition) is 5. The van der Waals surface area contributed by atoms with Crippen molar-refractivity contribution in [3.05, 3.63) is 182 Å². The minimum atomic E-state index is 0.578. The van der Waals surface area contributed by atoms with Crippen molar-refractivity contribution in [3.63, 3.8) is 0 Å². The fourth-order valence-corrected chi connectivity index (χ4v) is 8.40. The molecule has 8 aromatic carbocycles. The topological polar surface area (TPSA) is 69.9 Å². The Hall–Kier alpha value is -7.83. The van der Waals surface area contributed by atoms with Crippen LogP contribution in [0, 0.1) is 0 Å². The van der Waals surface area contributed by atoms with Crippen molar-refractivity contribution >= 4 is 65.7 Å². The lowest BCUT2D eigenvalue weighted by atomic mass is 9.98. The van der Waals surface area contributed by atoms with Crippen LogP contribution in [-0.2, 0) is 0 Å². The van der Waals surface area contributed by atoms with E-state index in [1.54, 1.807) is 0 Å². The average molecular weight is 731 g/mol. The molecule has 4 aromatic heterocycles. The van der Waals surface area contributed by atoms with E-state index < -0.39 is 0 Å². The summed E-state index contributed by atoms with van der Waals surface area (Å²) < 4.78 is 15.6. The number of benzene rings is 8. The van der Waals surface area contributed by atoms with E-state index >= 15 is 0 Å². The Balaban J connectivity index is 1.11. The highest BCUT2D eigenvalue weighted by Crippen LogP contribution is 2.42. The molecule has 0 bridgehead atoms. The zero-order chi connectivity index (χ0) is 37.5. The van der Waals surface area contributed by atoms with Gasteiger partial charge in [-0.05, 0) is 53.6 Å². The summed E-state index contributed by atoms with van der Waals surface area (Å²) >= 11 is 0. The van der Waals surface area contributed by atoms with Crippen molar-refractivity contribution in [2.24, 2.45) is 0 Å². The van der Waals surface area contributed by atoms with E-state index in [2.05, 4.69) is 108 Å². The van der Waals surface area contributed by atoms with E-state index in [9.17, 15) is 0 Å². The highest BCUT2D eigenvalue weighted by molar-refractivity contribution is 6.18. The van der Waals surface area contributed by atoms with Gasteiger partial charge in [0, 0.05) is 66.8 Å². The van der Waals surface area contributed by atoms with Gasteiger partial charge in [0.05, 0.1) is 11.0 Å². The number of rotatable bonds is 5. The molecule has 4 heterocycles. The first-order valence-electron chi connectivity index (χ1n) is 19.0. The fourth-order valence-electron chi connectivity index (χ4n) is 8.40. The van der Waals surface area contributed by atoms with Crippen molar-refractivity contribution < 1.29 is 8.83 Å². The molecule has 0 N–H and O–H groups in total. The molecule has 0 amide bonds. The first-order valence-corrected chi connectivity index (χ1v) is 19.0. The normalized spacial score (nSPS) is 11.9. The number of para-hydroxylation sites is 2. The number of hydrogen-bond donors (Lipinski definition) is 0. The van der Waals surface area contributed by atoms with Crippen LogP contribution in [0.1, 0.15) is 0 Å². The maximum absolute atomic E-state index is 6.88. The first-order chi connectivity index (χ1) is 28.2. The minimum Gasteiger partial charge on any atom is -0.456 e. The summed E-state index contributed by atoms with van der Waals surface area (Å²) in [5.74, 6) is 1.80. The van der Waals surface area contributed by atoms with E-state index in [1.807, 2.05) is 78.9 Å². The molecule has 0 radical (unpaired) electrons. The molecule has 0 saturated carbocycles. The summed E-state index contributed by atoms with van der Waals surface area (Å²) in [6, 6.07) is 62.6. The molecule has 57 heavy (non-hydrogen) atoms. The van der Waals surface area contributed by atoms with E-state index in [0.29, 0.717) is 17.5 Å². The quantitative estimate of drug-likeness (QED) is 0.176. The second kappa shape index (κ2) is 12.3. The van der Waals surface area contributed by atoms with Gasteiger partial charge in [-0.15, -0.1) is 0 Å². The third-order valence-electron chi connectivity index (χ3n) is 11.0. The van der Waals surface area contributed by atoms with Gasteiger partial charge in [-0.2, -0.15) is 0 Å². The third kappa shape index (κ3) is 5.01. The molecule has 0 fully saturated rings. The lowest BCUT2D eigenvalue weighted by molar-refractivity contribution is 0.669. The molecule has 0 spiro atoms. The van der Waals surface area contributed by atoms with Crippen LogP contribution in [0.2, 0.25) is 0 Å². The molecule has 0 unspecified atom stereocenters. The summed E-state index contributed by atoms with van der Waals surface area (Å²) in [4.78, 5) is 15.3. The second-order valence-corrected chi connectivity index (χ2v) is 14.4. The summed E-state index contributed by atoms with van der Waals surface area (Å²) in [7, 11) is 0. The molecule has 0 aliphatic rings. The standard InChI is InChI=1S/C51H30N4O2/c1-4-14-31(15-5-1)34-26-41(51-53-49(32-16-6-2-7-17-32)52-50(54-51)33-18-8-3-9-19-33)48-38-25-24-35(28-45(38)57-47(48)27-34)55-42-22-12-10-20-36(42)39-29-40-37-21-11-13-23-44(37)56-46(40)30-43(39)55/h1-30H. The smallest absolute Gasteiger partial charge is 0.164 e. The Morgan fingerprint density at radius 1 is 0.333 bits per heavy atom. The third-order valence-corrected chi connectivity index (χ3v) is 11.0. The molecule has 0 saturated heterocycles. The van der Waals surface area contributed by atoms with Gasteiger partial charge in [0.15, 0.2) is 17.5 Å². The SMILES string of the molecule is c1ccc(-c2cc(-c3nc(-c4ccccc4)nc(-c4ccccc4)n3)c3c(c2)oc2cc(-n4c5ccccc5c5cc6c(cc54)oc4ccccc46)ccc23)cc1. The van der Waals surface area contributed by atoms with E-state index in [-0.39, 0.29) is 0 Å². The van der Waals surface area contributed by atoms with Gasteiger partial charge in [0.1, 0.15) is 22.3 Å². The van der Waals surface area contributed by atoms with Gasteiger partial charge in [-0.3, -0.25) is 0 Å². The summed E-state index contributed by atoms with van der Waals surface area (Å²) in [5, 5.41) is 6.50. The van der Waals surface area contributed by atoms with Crippen LogP contribution in [0.5, 0.6) is 0 Å². The molecule has 0 atom stereocenters. The van der Waals surface area contributed by atoms with E-state index in [1.165, 1.54) is 10.8 Å². The lowest BCUT2D eigenvalue weighted by Crippen LogP contribution is -2.00. The maximum atomic E-state index is 6.88. The van der Waals surface area contributed by atoms with Gasteiger partial charge in [0.2, 0.25) is 0 Å². The van der Waals surface area contributed by atoms with Gasteiger partial charge in [-0.1, -0.05) is 127 Å². The Labute approximate surface area is 325 Å². The number of nitrogens with zero attached hydrogens (tertiary/aromatic N) is 4. The minimum absolute atomic E-state index is 0.578. The van der Waals surface area contributed by atoms with Crippen LogP contribution in [0.15, 0.2) is 191 Å².